The van der Waals surface area contributed by atoms with E-state index in [-0.39, 0.29) is 24.5 Å². The molecule has 5 nitrogen and oxygen atoms in total. The normalized spacial score (nSPS) is 21.5. The van der Waals surface area contributed by atoms with E-state index in [0.717, 1.165) is 42.2 Å². The molecule has 2 N–H and O–H groups in total. The van der Waals surface area contributed by atoms with E-state index in [0.29, 0.717) is 5.56 Å². The number of hydrogen-bond acceptors (Lipinski definition) is 4. The Morgan fingerprint density at radius 2 is 2.17 bits per heavy atom. The highest BCUT2D eigenvalue weighted by molar-refractivity contribution is 7.12. The molecule has 130 valence electrons. The third-order valence-corrected chi connectivity index (χ3v) is 5.75. The molecule has 1 saturated carbocycles. The van der Waals surface area contributed by atoms with Gasteiger partial charge >= 0.3 is 0 Å². The fraction of sp³-hybridized carbons (Fsp3) is 0.556. The van der Waals surface area contributed by atoms with Gasteiger partial charge in [0.25, 0.3) is 5.91 Å². The molecular weight excluding hydrogens is 322 g/mol. The molecule has 3 rings (SSSR count). The Labute approximate surface area is 146 Å². The lowest BCUT2D eigenvalue weighted by Crippen LogP contribution is -2.41. The molecule has 0 aromatic carbocycles. The second-order valence-electron chi connectivity index (χ2n) is 6.60. The number of amides is 1. The van der Waals surface area contributed by atoms with Crippen LogP contribution in [0.1, 0.15) is 53.8 Å². The molecule has 1 aliphatic carbocycles. The topological polar surface area (TPSA) is 67.2 Å². The second-order valence-corrected chi connectivity index (χ2v) is 7.47. The number of aromatic nitrogens is 2. The summed E-state index contributed by atoms with van der Waals surface area (Å²) in [6.45, 7) is 4.09. The maximum atomic E-state index is 12.8. The van der Waals surface area contributed by atoms with Crippen molar-refractivity contribution < 1.29 is 9.90 Å². The van der Waals surface area contributed by atoms with Crippen LogP contribution < -0.4 is 5.32 Å². The molecule has 1 aliphatic rings. The summed E-state index contributed by atoms with van der Waals surface area (Å²) in [5.74, 6) is 0.121. The lowest BCUT2D eigenvalue weighted by atomic mass is 9.95. The molecule has 0 bridgehead atoms. The van der Waals surface area contributed by atoms with Gasteiger partial charge in [0.15, 0.2) is 5.13 Å². The molecular formula is C18H25N3O2S. The van der Waals surface area contributed by atoms with Crippen molar-refractivity contribution >= 4 is 17.2 Å². The molecule has 24 heavy (non-hydrogen) atoms. The summed E-state index contributed by atoms with van der Waals surface area (Å²) in [6, 6.07) is 1.99. The maximum Gasteiger partial charge on any atom is 0.253 e. The zero-order valence-corrected chi connectivity index (χ0v) is 15.1. The van der Waals surface area contributed by atoms with Gasteiger partial charge in [0.1, 0.15) is 0 Å². The molecule has 2 aromatic rings. The first-order chi connectivity index (χ1) is 11.6. The van der Waals surface area contributed by atoms with Crippen molar-refractivity contribution in [1.29, 1.82) is 0 Å². The predicted octanol–water partition coefficient (Wildman–Crippen LogP) is 3.22. The Morgan fingerprint density at radius 1 is 1.38 bits per heavy atom. The third-order valence-electron chi connectivity index (χ3n) is 5.00. The number of aliphatic hydroxyl groups excluding tert-OH is 1. The number of carbonyl (C=O) groups excluding carboxylic acids is 1. The van der Waals surface area contributed by atoms with Gasteiger partial charge in [-0.1, -0.05) is 19.3 Å². The molecule has 0 radical (unpaired) electrons. The van der Waals surface area contributed by atoms with Crippen LogP contribution in [0.2, 0.25) is 0 Å². The van der Waals surface area contributed by atoms with Gasteiger partial charge in [0, 0.05) is 41.5 Å². The summed E-state index contributed by atoms with van der Waals surface area (Å²) in [6.07, 6.45) is 7.13. The summed E-state index contributed by atoms with van der Waals surface area (Å²) in [5, 5.41) is 15.6. The average Bonchev–Trinajstić information content (AvgIpc) is 3.11. The van der Waals surface area contributed by atoms with Gasteiger partial charge in [0.2, 0.25) is 0 Å². The maximum absolute atomic E-state index is 12.8. The molecule has 0 saturated heterocycles. The van der Waals surface area contributed by atoms with E-state index in [2.05, 4.69) is 10.3 Å². The molecule has 2 heterocycles. The van der Waals surface area contributed by atoms with Crippen LogP contribution in [0.5, 0.6) is 0 Å². The lowest BCUT2D eigenvalue weighted by Gasteiger charge is -2.24. The van der Waals surface area contributed by atoms with Gasteiger partial charge in [-0.15, -0.1) is 11.3 Å². The van der Waals surface area contributed by atoms with Gasteiger partial charge in [-0.2, -0.15) is 0 Å². The van der Waals surface area contributed by atoms with Crippen LogP contribution in [-0.4, -0.2) is 33.2 Å². The van der Waals surface area contributed by atoms with E-state index < -0.39 is 0 Å². The van der Waals surface area contributed by atoms with Crippen LogP contribution in [0.15, 0.2) is 17.6 Å². The van der Waals surface area contributed by atoms with E-state index in [1.807, 2.05) is 29.9 Å². The van der Waals surface area contributed by atoms with Gasteiger partial charge in [-0.3, -0.25) is 9.36 Å². The minimum Gasteiger partial charge on any atom is -0.396 e. The minimum absolute atomic E-state index is 0.0451. The molecule has 1 amide bonds. The highest BCUT2D eigenvalue weighted by Crippen LogP contribution is 2.25. The van der Waals surface area contributed by atoms with Crippen LogP contribution in [0, 0.1) is 19.8 Å². The zero-order chi connectivity index (χ0) is 17.1. The number of carbonyl (C=O) groups is 1. The average molecular weight is 347 g/mol. The van der Waals surface area contributed by atoms with E-state index in [1.165, 1.54) is 6.42 Å². The molecule has 2 unspecified atom stereocenters. The van der Waals surface area contributed by atoms with E-state index in [9.17, 15) is 9.90 Å². The van der Waals surface area contributed by atoms with Crippen molar-refractivity contribution in [3.63, 3.8) is 0 Å². The fourth-order valence-electron chi connectivity index (χ4n) is 3.65. The number of thiazole rings is 1. The van der Waals surface area contributed by atoms with E-state index in [4.69, 9.17) is 0 Å². The van der Waals surface area contributed by atoms with Gasteiger partial charge in [-0.05, 0) is 32.8 Å². The molecule has 0 spiro atoms. The second kappa shape index (κ2) is 7.49. The molecule has 2 atom stereocenters. The van der Waals surface area contributed by atoms with Crippen LogP contribution in [0.25, 0.3) is 5.13 Å². The summed E-state index contributed by atoms with van der Waals surface area (Å²) < 4.78 is 2.02. The Morgan fingerprint density at radius 3 is 2.88 bits per heavy atom. The number of aliphatic hydroxyl groups is 1. The minimum atomic E-state index is -0.0451. The Bertz CT molecular complexity index is 693. The van der Waals surface area contributed by atoms with Crippen molar-refractivity contribution in [2.24, 2.45) is 5.92 Å². The monoisotopic (exact) mass is 347 g/mol. The number of nitrogens with zero attached hydrogens (tertiary/aromatic N) is 2. The third kappa shape index (κ3) is 3.39. The largest absolute Gasteiger partial charge is 0.396 e. The van der Waals surface area contributed by atoms with Crippen molar-refractivity contribution in [1.82, 2.24) is 14.9 Å². The quantitative estimate of drug-likeness (QED) is 0.835. The first kappa shape index (κ1) is 17.2. The number of rotatable bonds is 4. The van der Waals surface area contributed by atoms with Crippen molar-refractivity contribution in [3.05, 3.63) is 34.6 Å². The van der Waals surface area contributed by atoms with Crippen molar-refractivity contribution in [3.8, 4) is 5.13 Å². The van der Waals surface area contributed by atoms with E-state index in [1.54, 1.807) is 17.5 Å². The Kier molecular flexibility index (Phi) is 5.36. The van der Waals surface area contributed by atoms with Gasteiger partial charge in [-0.25, -0.2) is 4.98 Å². The number of aryl methyl sites for hydroxylation is 1. The molecule has 1 fully saturated rings. The van der Waals surface area contributed by atoms with Crippen LogP contribution in [-0.2, 0) is 0 Å². The smallest absolute Gasteiger partial charge is 0.253 e. The van der Waals surface area contributed by atoms with Crippen molar-refractivity contribution in [2.75, 3.05) is 6.61 Å². The lowest BCUT2D eigenvalue weighted by molar-refractivity contribution is 0.0899. The molecule has 0 aliphatic heterocycles. The van der Waals surface area contributed by atoms with Gasteiger partial charge in [0.05, 0.1) is 5.56 Å². The van der Waals surface area contributed by atoms with Crippen LogP contribution in [0.4, 0.5) is 0 Å². The first-order valence-corrected chi connectivity index (χ1v) is 9.50. The Hall–Kier alpha value is -1.66. The molecule has 6 heteroatoms. The summed E-state index contributed by atoms with van der Waals surface area (Å²) in [5.41, 5.74) is 2.62. The number of nitrogens with one attached hydrogen (secondary N) is 1. The van der Waals surface area contributed by atoms with Gasteiger partial charge < -0.3 is 10.4 Å². The SMILES string of the molecule is Cc1cc(C(=O)NC2CCCCCC2CO)c(C)n1-c1nccs1. The molecule has 2 aromatic heterocycles. The van der Waals surface area contributed by atoms with E-state index >= 15 is 0 Å². The van der Waals surface area contributed by atoms with Crippen LogP contribution >= 0.6 is 11.3 Å². The number of hydrogen-bond donors (Lipinski definition) is 2. The summed E-state index contributed by atoms with van der Waals surface area (Å²) >= 11 is 1.56. The predicted molar refractivity (Wildman–Crippen MR) is 95.8 cm³/mol. The highest BCUT2D eigenvalue weighted by Gasteiger charge is 2.26. The summed E-state index contributed by atoms with van der Waals surface area (Å²) in [7, 11) is 0. The fourth-order valence-corrected chi connectivity index (χ4v) is 4.40. The highest BCUT2D eigenvalue weighted by atomic mass is 32.1. The standard InChI is InChI=1S/C18H25N3O2S/c1-12-10-15(13(2)21(12)18-19-8-9-24-18)17(23)20-16-7-5-3-4-6-14(16)11-22/h8-10,14,16,22H,3-7,11H2,1-2H3,(H,20,23). The Balaban J connectivity index is 1.81. The summed E-state index contributed by atoms with van der Waals surface area (Å²) in [4.78, 5) is 17.2. The first-order valence-electron chi connectivity index (χ1n) is 8.62. The van der Waals surface area contributed by atoms with Crippen molar-refractivity contribution in [2.45, 2.75) is 52.0 Å². The zero-order valence-electron chi connectivity index (χ0n) is 14.3. The van der Waals surface area contributed by atoms with Crippen LogP contribution in [0.3, 0.4) is 0 Å².